The SMILES string of the molecule is CCCOc1ccc(N2C(=O)[C@@H]3[C@@H](C2=O)C2c4ccccc4C3(/C=N\NC(=O)CC3(C)OCCO3)c3ccccc32)cc1. The van der Waals surface area contributed by atoms with Crippen LogP contribution in [0.25, 0.3) is 0 Å². The first-order valence-electron chi connectivity index (χ1n) is 14.8. The first kappa shape index (κ1) is 27.5. The molecule has 3 amide bonds. The Balaban J connectivity index is 1.31. The van der Waals surface area contributed by atoms with E-state index in [-0.39, 0.29) is 30.1 Å². The quantitative estimate of drug-likeness (QED) is 0.243. The molecule has 0 aromatic heterocycles. The van der Waals surface area contributed by atoms with Crippen LogP contribution in [-0.2, 0) is 29.3 Å². The van der Waals surface area contributed by atoms with Crippen molar-refractivity contribution in [1.82, 2.24) is 5.43 Å². The van der Waals surface area contributed by atoms with Crippen molar-refractivity contribution in [1.29, 1.82) is 0 Å². The number of anilines is 1. The lowest BCUT2D eigenvalue weighted by atomic mass is 9.47. The van der Waals surface area contributed by atoms with Gasteiger partial charge in [0, 0.05) is 12.1 Å². The van der Waals surface area contributed by atoms with Crippen molar-refractivity contribution in [2.45, 2.75) is 43.8 Å². The number of carbonyl (C=O) groups excluding carboxylic acids is 3. The predicted octanol–water partition coefficient (Wildman–Crippen LogP) is 4.28. The largest absolute Gasteiger partial charge is 0.494 e. The van der Waals surface area contributed by atoms with Crippen molar-refractivity contribution in [3.8, 4) is 5.75 Å². The fraction of sp³-hybridized carbons (Fsp3) is 0.353. The molecule has 220 valence electrons. The number of imide groups is 1. The molecule has 2 aliphatic heterocycles. The van der Waals surface area contributed by atoms with Gasteiger partial charge in [0.15, 0.2) is 5.79 Å². The molecule has 2 fully saturated rings. The molecule has 2 heterocycles. The van der Waals surface area contributed by atoms with E-state index in [0.29, 0.717) is 31.3 Å². The monoisotopic (exact) mass is 579 g/mol. The van der Waals surface area contributed by atoms with Crippen LogP contribution in [0.3, 0.4) is 0 Å². The third kappa shape index (κ3) is 4.21. The van der Waals surface area contributed by atoms with Crippen LogP contribution in [0.15, 0.2) is 77.9 Å². The molecule has 0 unspecified atom stereocenters. The maximum atomic E-state index is 14.5. The van der Waals surface area contributed by atoms with Crippen LogP contribution in [0, 0.1) is 11.8 Å². The highest BCUT2D eigenvalue weighted by Gasteiger charge is 2.68. The van der Waals surface area contributed by atoms with Gasteiger partial charge in [-0.15, -0.1) is 0 Å². The average molecular weight is 580 g/mol. The van der Waals surface area contributed by atoms with E-state index >= 15 is 0 Å². The Morgan fingerprint density at radius 3 is 2.23 bits per heavy atom. The first-order chi connectivity index (χ1) is 20.9. The summed E-state index contributed by atoms with van der Waals surface area (Å²) < 4.78 is 16.9. The smallest absolute Gasteiger partial charge is 0.245 e. The molecule has 5 aliphatic rings. The summed E-state index contributed by atoms with van der Waals surface area (Å²) in [4.78, 5) is 43.0. The molecule has 2 saturated heterocycles. The number of carbonyl (C=O) groups is 3. The fourth-order valence-electron chi connectivity index (χ4n) is 7.41. The third-order valence-corrected chi connectivity index (χ3v) is 9.09. The number of rotatable bonds is 8. The zero-order valence-electron chi connectivity index (χ0n) is 24.1. The lowest BCUT2D eigenvalue weighted by molar-refractivity contribution is -0.159. The molecule has 1 N–H and O–H groups in total. The van der Waals surface area contributed by atoms with E-state index in [0.717, 1.165) is 28.7 Å². The van der Waals surface area contributed by atoms with E-state index in [4.69, 9.17) is 14.2 Å². The van der Waals surface area contributed by atoms with Gasteiger partial charge in [-0.3, -0.25) is 14.4 Å². The number of ether oxygens (including phenoxy) is 3. The highest BCUT2D eigenvalue weighted by atomic mass is 16.7. The molecule has 2 atom stereocenters. The molecule has 9 nitrogen and oxygen atoms in total. The summed E-state index contributed by atoms with van der Waals surface area (Å²) in [6, 6.07) is 23.0. The molecular weight excluding hydrogens is 546 g/mol. The van der Waals surface area contributed by atoms with Gasteiger partial charge in [-0.25, -0.2) is 10.3 Å². The minimum atomic E-state index is -1.07. The lowest BCUT2D eigenvalue weighted by Crippen LogP contribution is -2.54. The molecule has 3 aromatic carbocycles. The summed E-state index contributed by atoms with van der Waals surface area (Å²) in [7, 11) is 0. The van der Waals surface area contributed by atoms with Crippen molar-refractivity contribution in [2.24, 2.45) is 16.9 Å². The Hall–Kier alpha value is -4.34. The maximum Gasteiger partial charge on any atom is 0.245 e. The van der Waals surface area contributed by atoms with Crippen LogP contribution in [0.4, 0.5) is 5.69 Å². The van der Waals surface area contributed by atoms with Crippen LogP contribution in [-0.4, -0.2) is 49.5 Å². The fourth-order valence-corrected chi connectivity index (χ4v) is 7.41. The van der Waals surface area contributed by atoms with Gasteiger partial charge in [-0.1, -0.05) is 55.5 Å². The molecule has 9 heteroatoms. The number of hydrazone groups is 1. The average Bonchev–Trinajstić information content (AvgIpc) is 3.56. The van der Waals surface area contributed by atoms with Crippen LogP contribution in [0.2, 0.25) is 0 Å². The Labute approximate surface area is 249 Å². The molecule has 0 spiro atoms. The Morgan fingerprint density at radius 2 is 1.60 bits per heavy atom. The highest BCUT2D eigenvalue weighted by molar-refractivity contribution is 6.25. The number of amides is 3. The standard InChI is InChI=1S/C34H33N3O6/c1-3-16-41-22-14-12-21(13-15-22)37-31(39)29-28-23-8-4-6-10-25(23)34(30(29)32(37)40,26-11-7-5-9-24(26)28)20-35-36-27(38)19-33(2)42-17-18-43-33/h4-15,20,28-30H,3,16-19H2,1-2H3,(H,36,38)/b35-20-/t28?,29-,30-,34?/m0/s1. The van der Waals surface area contributed by atoms with Crippen LogP contribution in [0.5, 0.6) is 5.75 Å². The van der Waals surface area contributed by atoms with Gasteiger partial charge in [0.1, 0.15) is 5.75 Å². The second kappa shape index (κ2) is 10.4. The van der Waals surface area contributed by atoms with E-state index < -0.39 is 23.0 Å². The second-order valence-electron chi connectivity index (χ2n) is 11.7. The van der Waals surface area contributed by atoms with Crippen molar-refractivity contribution >= 4 is 29.6 Å². The predicted molar refractivity (Wildman–Crippen MR) is 159 cm³/mol. The summed E-state index contributed by atoms with van der Waals surface area (Å²) in [6.07, 6.45) is 2.51. The highest BCUT2D eigenvalue weighted by Crippen LogP contribution is 2.63. The maximum absolute atomic E-state index is 14.5. The molecule has 8 rings (SSSR count). The molecule has 3 aliphatic carbocycles. The van der Waals surface area contributed by atoms with Crippen molar-refractivity contribution in [2.75, 3.05) is 24.7 Å². The molecule has 0 radical (unpaired) electrons. The number of hydrogen-bond acceptors (Lipinski definition) is 7. The molecule has 2 bridgehead atoms. The van der Waals surface area contributed by atoms with Gasteiger partial charge in [0.05, 0.1) is 49.2 Å². The zero-order valence-corrected chi connectivity index (χ0v) is 24.1. The van der Waals surface area contributed by atoms with E-state index in [1.54, 1.807) is 37.4 Å². The first-order valence-corrected chi connectivity index (χ1v) is 14.8. The summed E-state index contributed by atoms with van der Waals surface area (Å²) in [5.74, 6) is -2.88. The summed E-state index contributed by atoms with van der Waals surface area (Å²) in [5, 5.41) is 4.46. The molecule has 0 saturated carbocycles. The van der Waals surface area contributed by atoms with Crippen LogP contribution < -0.4 is 15.1 Å². The number of benzene rings is 3. The summed E-state index contributed by atoms with van der Waals surface area (Å²) >= 11 is 0. The van der Waals surface area contributed by atoms with Gasteiger partial charge >= 0.3 is 0 Å². The van der Waals surface area contributed by atoms with Gasteiger partial charge in [0.25, 0.3) is 0 Å². The van der Waals surface area contributed by atoms with Gasteiger partial charge < -0.3 is 14.2 Å². The minimum absolute atomic E-state index is 0.0260. The number of hydrogen-bond donors (Lipinski definition) is 1. The van der Waals surface area contributed by atoms with Crippen molar-refractivity contribution < 1.29 is 28.6 Å². The topological polar surface area (TPSA) is 107 Å². The van der Waals surface area contributed by atoms with E-state index in [1.165, 1.54) is 4.90 Å². The van der Waals surface area contributed by atoms with E-state index in [1.807, 2.05) is 55.5 Å². The molecular formula is C34H33N3O6. The summed E-state index contributed by atoms with van der Waals surface area (Å²) in [5.41, 5.74) is 5.89. The van der Waals surface area contributed by atoms with Crippen molar-refractivity contribution in [3.63, 3.8) is 0 Å². The molecule has 43 heavy (non-hydrogen) atoms. The minimum Gasteiger partial charge on any atom is -0.494 e. The van der Waals surface area contributed by atoms with Gasteiger partial charge in [0.2, 0.25) is 17.7 Å². The number of nitrogens with one attached hydrogen (secondary N) is 1. The second-order valence-corrected chi connectivity index (χ2v) is 11.7. The Morgan fingerprint density at radius 1 is 0.977 bits per heavy atom. The van der Waals surface area contributed by atoms with Gasteiger partial charge in [-0.05, 0) is 59.9 Å². The number of nitrogens with zero attached hydrogens (tertiary/aromatic N) is 2. The van der Waals surface area contributed by atoms with E-state index in [2.05, 4.69) is 10.5 Å². The molecule has 3 aromatic rings. The Bertz CT molecular complexity index is 1580. The normalized spacial score (nSPS) is 26.4. The van der Waals surface area contributed by atoms with E-state index in [9.17, 15) is 14.4 Å². The van der Waals surface area contributed by atoms with Crippen LogP contribution >= 0.6 is 0 Å². The Kier molecular flexibility index (Phi) is 6.67. The van der Waals surface area contributed by atoms with Crippen molar-refractivity contribution in [3.05, 3.63) is 95.1 Å². The third-order valence-electron chi connectivity index (χ3n) is 9.09. The lowest BCUT2D eigenvalue weighted by Gasteiger charge is -2.52. The zero-order chi connectivity index (χ0) is 29.8. The van der Waals surface area contributed by atoms with Crippen LogP contribution in [0.1, 0.15) is 54.9 Å². The summed E-state index contributed by atoms with van der Waals surface area (Å²) in [6.45, 7) is 5.19. The van der Waals surface area contributed by atoms with Gasteiger partial charge in [-0.2, -0.15) is 5.10 Å².